The van der Waals surface area contributed by atoms with Gasteiger partial charge < -0.3 is 4.90 Å². The molecule has 1 aliphatic rings. The highest BCUT2D eigenvalue weighted by molar-refractivity contribution is 7.96. The minimum absolute atomic E-state index is 0.0961. The zero-order valence-electron chi connectivity index (χ0n) is 18.5. The third-order valence-corrected chi connectivity index (χ3v) is 7.19. The highest BCUT2D eigenvalue weighted by Crippen LogP contribution is 2.43. The van der Waals surface area contributed by atoms with Crippen molar-refractivity contribution in [3.8, 4) is 0 Å². The Morgan fingerprint density at radius 2 is 1.52 bits per heavy atom. The van der Waals surface area contributed by atoms with Gasteiger partial charge >= 0.3 is 0 Å². The molecule has 0 bridgehead atoms. The molecule has 0 aromatic heterocycles. The number of carbonyl (C=O) groups excluding carboxylic acids is 3. The number of Topliss-reactive ketones (excluding diaryl/α,β-unsaturated/α-hetero) is 1. The molecule has 0 saturated carbocycles. The molecule has 31 heavy (non-hydrogen) atoms. The van der Waals surface area contributed by atoms with Gasteiger partial charge in [0.15, 0.2) is 0 Å². The highest BCUT2D eigenvalue weighted by atomic mass is 32.1. The standard InChI is InChI=1S/C26H31NO3S/c1-4-25(2,3)22(28)23(29)27-17-11-16-26(27,24(30)31)18-21(19-12-7-5-8-13-19)20-14-9-6-10-15-20/h5-10,12-15,21H,4,11,16-18H2,1-3H3,(H,30,31)/t26-/m1/s1. The van der Waals surface area contributed by atoms with E-state index in [4.69, 9.17) is 0 Å². The Kier molecular flexibility index (Phi) is 7.05. The van der Waals surface area contributed by atoms with E-state index in [1.807, 2.05) is 67.6 Å². The summed E-state index contributed by atoms with van der Waals surface area (Å²) in [6.07, 6.45) is 2.14. The molecule has 1 amide bonds. The number of carbonyl (C=O) groups is 3. The lowest BCUT2D eigenvalue weighted by Crippen LogP contribution is -2.56. The summed E-state index contributed by atoms with van der Waals surface area (Å²) >= 11 is 4.25. The van der Waals surface area contributed by atoms with Crippen LogP contribution in [0.3, 0.4) is 0 Å². The van der Waals surface area contributed by atoms with Gasteiger partial charge in [-0.2, -0.15) is 0 Å². The van der Waals surface area contributed by atoms with Crippen LogP contribution in [0, 0.1) is 5.41 Å². The third-order valence-electron chi connectivity index (χ3n) is 6.77. The van der Waals surface area contributed by atoms with Gasteiger partial charge in [-0.3, -0.25) is 14.4 Å². The maximum atomic E-state index is 13.3. The summed E-state index contributed by atoms with van der Waals surface area (Å²) in [5.74, 6) is -1.10. The summed E-state index contributed by atoms with van der Waals surface area (Å²) in [4.78, 5) is 40.8. The molecule has 164 valence electrons. The van der Waals surface area contributed by atoms with E-state index in [0.717, 1.165) is 11.1 Å². The Hall–Kier alpha value is -2.40. The number of thiol groups is 1. The second-order valence-electron chi connectivity index (χ2n) is 9.04. The fourth-order valence-electron chi connectivity index (χ4n) is 4.41. The number of ketones is 1. The minimum Gasteiger partial charge on any atom is -0.322 e. The van der Waals surface area contributed by atoms with E-state index in [1.54, 1.807) is 13.8 Å². The molecule has 1 atom stereocenters. The molecule has 0 N–H and O–H groups in total. The molecule has 1 aliphatic heterocycles. The molecule has 1 heterocycles. The van der Waals surface area contributed by atoms with Gasteiger partial charge in [-0.1, -0.05) is 81.4 Å². The normalized spacial score (nSPS) is 18.9. The molecule has 1 saturated heterocycles. The van der Waals surface area contributed by atoms with Crippen LogP contribution >= 0.6 is 12.6 Å². The average molecular weight is 438 g/mol. The molecule has 2 aromatic rings. The topological polar surface area (TPSA) is 54.5 Å². The Morgan fingerprint density at radius 1 is 1.00 bits per heavy atom. The van der Waals surface area contributed by atoms with Crippen LogP contribution in [-0.2, 0) is 14.4 Å². The molecule has 2 aromatic carbocycles. The number of likely N-dealkylation sites (tertiary alicyclic amines) is 1. The van der Waals surface area contributed by atoms with Crippen molar-refractivity contribution in [3.05, 3.63) is 71.8 Å². The second-order valence-corrected chi connectivity index (χ2v) is 9.45. The largest absolute Gasteiger partial charge is 0.322 e. The van der Waals surface area contributed by atoms with E-state index < -0.39 is 22.6 Å². The van der Waals surface area contributed by atoms with E-state index in [9.17, 15) is 14.4 Å². The van der Waals surface area contributed by atoms with Crippen molar-refractivity contribution in [2.75, 3.05) is 6.54 Å². The van der Waals surface area contributed by atoms with E-state index in [-0.39, 0.29) is 11.0 Å². The van der Waals surface area contributed by atoms with E-state index >= 15 is 0 Å². The summed E-state index contributed by atoms with van der Waals surface area (Å²) in [6, 6.07) is 20.0. The van der Waals surface area contributed by atoms with Gasteiger partial charge in [0.25, 0.3) is 5.91 Å². The monoisotopic (exact) mass is 437 g/mol. The zero-order chi connectivity index (χ0) is 22.6. The van der Waals surface area contributed by atoms with Crippen LogP contribution < -0.4 is 0 Å². The molecule has 4 nitrogen and oxygen atoms in total. The van der Waals surface area contributed by atoms with Crippen LogP contribution in [0.2, 0.25) is 0 Å². The lowest BCUT2D eigenvalue weighted by atomic mass is 9.78. The Labute approximate surface area is 190 Å². The van der Waals surface area contributed by atoms with Crippen molar-refractivity contribution < 1.29 is 14.4 Å². The molecule has 0 spiro atoms. The summed E-state index contributed by atoms with van der Waals surface area (Å²) in [5.41, 5.74) is 0.281. The SMILES string of the molecule is CCC(C)(C)C(=O)C(=O)N1CCC[C@@]1(CC(c1ccccc1)c1ccccc1)C(=O)S. The van der Waals surface area contributed by atoms with Gasteiger partial charge in [0.1, 0.15) is 5.54 Å². The molecular weight excluding hydrogens is 406 g/mol. The smallest absolute Gasteiger partial charge is 0.291 e. The number of hydrogen-bond acceptors (Lipinski definition) is 3. The number of benzene rings is 2. The van der Waals surface area contributed by atoms with Crippen molar-refractivity contribution in [2.24, 2.45) is 5.41 Å². The first kappa shape index (κ1) is 23.3. The van der Waals surface area contributed by atoms with Crippen molar-refractivity contribution in [3.63, 3.8) is 0 Å². The maximum absolute atomic E-state index is 13.3. The zero-order valence-corrected chi connectivity index (χ0v) is 19.4. The van der Waals surface area contributed by atoms with Gasteiger partial charge in [-0.25, -0.2) is 0 Å². The van der Waals surface area contributed by atoms with Gasteiger partial charge in [-0.05, 0) is 36.8 Å². The number of nitrogens with zero attached hydrogens (tertiary/aromatic N) is 1. The summed E-state index contributed by atoms with van der Waals surface area (Å²) in [6.45, 7) is 5.86. The molecule has 1 fully saturated rings. The first-order valence-corrected chi connectivity index (χ1v) is 11.4. The van der Waals surface area contributed by atoms with Gasteiger partial charge in [0, 0.05) is 17.9 Å². The average Bonchev–Trinajstić information content (AvgIpc) is 3.22. The maximum Gasteiger partial charge on any atom is 0.291 e. The molecule has 3 rings (SSSR count). The molecular formula is C26H31NO3S. The number of rotatable bonds is 8. The third kappa shape index (κ3) is 4.62. The van der Waals surface area contributed by atoms with Crippen LogP contribution in [0.4, 0.5) is 0 Å². The van der Waals surface area contributed by atoms with Gasteiger partial charge in [-0.15, -0.1) is 12.6 Å². The van der Waals surface area contributed by atoms with Crippen molar-refractivity contribution in [1.29, 1.82) is 0 Å². The van der Waals surface area contributed by atoms with E-state index in [2.05, 4.69) is 12.6 Å². The molecule has 5 heteroatoms. The first-order chi connectivity index (χ1) is 14.7. The first-order valence-electron chi connectivity index (χ1n) is 10.9. The van der Waals surface area contributed by atoms with Crippen LogP contribution in [0.1, 0.15) is 63.5 Å². The van der Waals surface area contributed by atoms with Crippen LogP contribution in [0.15, 0.2) is 60.7 Å². The summed E-state index contributed by atoms with van der Waals surface area (Å²) < 4.78 is 0. The predicted molar refractivity (Wildman–Crippen MR) is 126 cm³/mol. The van der Waals surface area contributed by atoms with Gasteiger partial charge in [0.2, 0.25) is 10.9 Å². The summed E-state index contributed by atoms with van der Waals surface area (Å²) in [5, 5.41) is -0.350. The highest BCUT2D eigenvalue weighted by Gasteiger charge is 2.52. The Balaban J connectivity index is 2.03. The Bertz CT molecular complexity index is 902. The predicted octanol–water partition coefficient (Wildman–Crippen LogP) is 5.03. The van der Waals surface area contributed by atoms with E-state index in [0.29, 0.717) is 32.2 Å². The second kappa shape index (κ2) is 9.39. The van der Waals surface area contributed by atoms with Crippen molar-refractivity contribution in [1.82, 2.24) is 4.90 Å². The van der Waals surface area contributed by atoms with Crippen molar-refractivity contribution >= 4 is 29.4 Å². The number of amides is 1. The van der Waals surface area contributed by atoms with Crippen LogP contribution in [0.5, 0.6) is 0 Å². The van der Waals surface area contributed by atoms with Crippen LogP contribution in [-0.4, -0.2) is 33.8 Å². The Morgan fingerprint density at radius 3 is 1.97 bits per heavy atom. The number of hydrogen-bond donors (Lipinski definition) is 1. The van der Waals surface area contributed by atoms with Gasteiger partial charge in [0.05, 0.1) is 0 Å². The minimum atomic E-state index is -1.10. The fraction of sp³-hybridized carbons (Fsp3) is 0.423. The lowest BCUT2D eigenvalue weighted by molar-refractivity contribution is -0.153. The quantitative estimate of drug-likeness (QED) is 0.465. The summed E-state index contributed by atoms with van der Waals surface area (Å²) in [7, 11) is 0. The molecule has 0 unspecified atom stereocenters. The fourth-order valence-corrected chi connectivity index (χ4v) is 4.73. The van der Waals surface area contributed by atoms with Crippen LogP contribution in [0.25, 0.3) is 0 Å². The molecule has 0 aliphatic carbocycles. The van der Waals surface area contributed by atoms with Crippen molar-refractivity contribution in [2.45, 2.75) is 57.9 Å². The lowest BCUT2D eigenvalue weighted by Gasteiger charge is -2.39. The molecule has 0 radical (unpaired) electrons. The van der Waals surface area contributed by atoms with E-state index in [1.165, 1.54) is 4.90 Å².